The molecule has 23 heavy (non-hydrogen) atoms. The Bertz CT molecular complexity index is 850. The number of halogens is 3. The van der Waals surface area contributed by atoms with Crippen molar-refractivity contribution >= 4 is 21.7 Å². The molecule has 0 saturated heterocycles. The second-order valence-corrected chi connectivity index (χ2v) is 6.61. The van der Waals surface area contributed by atoms with Crippen LogP contribution in [-0.4, -0.2) is 24.9 Å². The number of ketones is 1. The van der Waals surface area contributed by atoms with Gasteiger partial charge in [-0.1, -0.05) is 18.2 Å². The summed E-state index contributed by atoms with van der Waals surface area (Å²) >= 11 is 0. The van der Waals surface area contributed by atoms with E-state index in [2.05, 4.69) is 0 Å². The number of benzene rings is 1. The number of nitrogens with zero attached hydrogens (tertiary/aromatic N) is 1. The number of alkyl halides is 3. The van der Waals surface area contributed by atoms with Gasteiger partial charge >= 0.3 is 6.18 Å². The molecule has 2 rings (SSSR count). The zero-order valence-electron chi connectivity index (χ0n) is 11.9. The summed E-state index contributed by atoms with van der Waals surface area (Å²) in [6.07, 6.45) is -3.03. The van der Waals surface area contributed by atoms with Gasteiger partial charge in [0.25, 0.3) is 5.78 Å². The van der Waals surface area contributed by atoms with Gasteiger partial charge in [-0.25, -0.2) is 8.42 Å². The van der Waals surface area contributed by atoms with Crippen molar-refractivity contribution in [3.8, 4) is 0 Å². The fraction of sp³-hybridized carbons (Fsp3) is 0.133. The fourth-order valence-corrected chi connectivity index (χ4v) is 3.30. The van der Waals surface area contributed by atoms with Crippen LogP contribution in [0.2, 0.25) is 0 Å². The topological polar surface area (TPSA) is 56.1 Å². The summed E-state index contributed by atoms with van der Waals surface area (Å²) in [6.45, 7) is 0. The molecule has 0 bridgehead atoms. The highest BCUT2D eigenvalue weighted by molar-refractivity contribution is 7.96. The summed E-state index contributed by atoms with van der Waals surface area (Å²) in [5, 5.41) is 0. The fourth-order valence-electron chi connectivity index (χ4n) is 1.89. The Labute approximate surface area is 130 Å². The molecule has 0 N–H and O–H groups in total. The minimum atomic E-state index is -5.29. The Morgan fingerprint density at radius 2 is 1.70 bits per heavy atom. The highest BCUT2D eigenvalue weighted by Gasteiger charge is 2.45. The third-order valence-corrected chi connectivity index (χ3v) is 4.86. The lowest BCUT2D eigenvalue weighted by Crippen LogP contribution is -2.28. The van der Waals surface area contributed by atoms with Crippen LogP contribution in [0, 0.1) is 0 Å². The summed E-state index contributed by atoms with van der Waals surface area (Å²) < 4.78 is 64.8. The molecular weight excluding hydrogens is 331 g/mol. The van der Waals surface area contributed by atoms with Gasteiger partial charge in [0.1, 0.15) is 4.91 Å². The van der Waals surface area contributed by atoms with Crippen LogP contribution < -0.4 is 0 Å². The van der Waals surface area contributed by atoms with Crippen LogP contribution in [0.5, 0.6) is 0 Å². The van der Waals surface area contributed by atoms with Gasteiger partial charge in [0.15, 0.2) is 0 Å². The maximum atomic E-state index is 12.8. The molecule has 0 aliphatic carbocycles. The van der Waals surface area contributed by atoms with Crippen molar-refractivity contribution < 1.29 is 26.4 Å². The van der Waals surface area contributed by atoms with E-state index in [1.807, 2.05) is 0 Å². The number of rotatable bonds is 4. The molecule has 1 aromatic carbocycles. The van der Waals surface area contributed by atoms with Gasteiger partial charge in [-0.2, -0.15) is 13.2 Å². The molecule has 0 radical (unpaired) electrons. The van der Waals surface area contributed by atoms with E-state index < -0.39 is 26.7 Å². The average molecular weight is 343 g/mol. The monoisotopic (exact) mass is 343 g/mol. The smallest absolute Gasteiger partial charge is 0.351 e. The standard InChI is InChI=1S/C15H12F3NO3S/c1-19-9-5-6-11(19)10-13(14(20)15(16,17)18)23(21,22)12-7-3-2-4-8-12/h2-10H,1H3/b13-10+. The van der Waals surface area contributed by atoms with E-state index in [0.717, 1.165) is 18.2 Å². The molecule has 0 aliphatic rings. The first kappa shape index (κ1) is 17.0. The molecule has 122 valence electrons. The number of carbonyl (C=O) groups is 1. The van der Waals surface area contributed by atoms with Gasteiger partial charge in [0, 0.05) is 18.9 Å². The van der Waals surface area contributed by atoms with Crippen molar-refractivity contribution in [2.75, 3.05) is 0 Å². The van der Waals surface area contributed by atoms with Crippen LogP contribution in [0.4, 0.5) is 13.2 Å². The summed E-state index contributed by atoms with van der Waals surface area (Å²) in [7, 11) is -3.07. The Kier molecular flexibility index (Phi) is 4.46. The van der Waals surface area contributed by atoms with Crippen molar-refractivity contribution in [3.63, 3.8) is 0 Å². The lowest BCUT2D eigenvalue weighted by Gasteiger charge is -2.11. The molecule has 0 amide bonds. The normalized spacial score (nSPS) is 13.1. The molecule has 0 saturated carbocycles. The molecule has 1 heterocycles. The van der Waals surface area contributed by atoms with E-state index in [0.29, 0.717) is 0 Å². The van der Waals surface area contributed by atoms with Gasteiger partial charge in [-0.3, -0.25) is 4.79 Å². The molecule has 0 spiro atoms. The largest absolute Gasteiger partial charge is 0.455 e. The predicted molar refractivity (Wildman–Crippen MR) is 78.1 cm³/mol. The lowest BCUT2D eigenvalue weighted by molar-refractivity contribution is -0.165. The number of aromatic nitrogens is 1. The minimum absolute atomic E-state index is 0.164. The van der Waals surface area contributed by atoms with Crippen molar-refractivity contribution in [2.24, 2.45) is 7.05 Å². The maximum Gasteiger partial charge on any atom is 0.455 e. The van der Waals surface area contributed by atoms with Gasteiger partial charge < -0.3 is 4.57 Å². The van der Waals surface area contributed by atoms with E-state index >= 15 is 0 Å². The van der Waals surface area contributed by atoms with Gasteiger partial charge in [-0.15, -0.1) is 0 Å². The van der Waals surface area contributed by atoms with Gasteiger partial charge in [-0.05, 0) is 30.3 Å². The number of carbonyl (C=O) groups excluding carboxylic acids is 1. The molecule has 0 unspecified atom stereocenters. The van der Waals surface area contributed by atoms with E-state index in [-0.39, 0.29) is 10.6 Å². The SMILES string of the molecule is Cn1cccc1/C=C(\C(=O)C(F)(F)F)S(=O)(=O)c1ccccc1. The van der Waals surface area contributed by atoms with Crippen molar-refractivity contribution in [1.82, 2.24) is 4.57 Å². The summed E-state index contributed by atoms with van der Waals surface area (Å²) in [4.78, 5) is 9.96. The minimum Gasteiger partial charge on any atom is -0.351 e. The highest BCUT2D eigenvalue weighted by Crippen LogP contribution is 2.29. The van der Waals surface area contributed by atoms with Crippen LogP contribution in [0.15, 0.2) is 58.5 Å². The Balaban J connectivity index is 2.67. The first-order chi connectivity index (χ1) is 10.6. The van der Waals surface area contributed by atoms with E-state index in [1.165, 1.54) is 48.1 Å². The summed E-state index contributed by atoms with van der Waals surface area (Å²) in [5.41, 5.74) is 0.164. The molecule has 1 aromatic heterocycles. The molecule has 2 aromatic rings. The number of hydrogen-bond acceptors (Lipinski definition) is 3. The average Bonchev–Trinajstić information content (AvgIpc) is 2.89. The Morgan fingerprint density at radius 1 is 1.09 bits per heavy atom. The number of hydrogen-bond donors (Lipinski definition) is 0. The van der Waals surface area contributed by atoms with Crippen LogP contribution in [0.3, 0.4) is 0 Å². The lowest BCUT2D eigenvalue weighted by atomic mass is 10.3. The predicted octanol–water partition coefficient (Wildman–Crippen LogP) is 2.97. The second-order valence-electron chi connectivity index (χ2n) is 4.70. The van der Waals surface area contributed by atoms with Gasteiger partial charge in [0.05, 0.1) is 4.90 Å². The zero-order valence-corrected chi connectivity index (χ0v) is 12.7. The van der Waals surface area contributed by atoms with Crippen molar-refractivity contribution in [3.05, 3.63) is 59.3 Å². The van der Waals surface area contributed by atoms with Crippen LogP contribution in [0.1, 0.15) is 5.69 Å². The first-order valence-corrected chi connectivity index (χ1v) is 7.87. The highest BCUT2D eigenvalue weighted by atomic mass is 32.2. The quantitative estimate of drug-likeness (QED) is 0.802. The van der Waals surface area contributed by atoms with Gasteiger partial charge in [0.2, 0.25) is 9.84 Å². The number of allylic oxidation sites excluding steroid dienone is 1. The molecule has 8 heteroatoms. The molecule has 0 fully saturated rings. The maximum absolute atomic E-state index is 12.8. The van der Waals surface area contributed by atoms with Crippen LogP contribution >= 0.6 is 0 Å². The summed E-state index contributed by atoms with van der Waals surface area (Å²) in [5.74, 6) is -2.40. The van der Waals surface area contributed by atoms with Crippen molar-refractivity contribution in [1.29, 1.82) is 0 Å². The van der Waals surface area contributed by atoms with Crippen LogP contribution in [0.25, 0.3) is 6.08 Å². The number of Topliss-reactive ketones (excluding diaryl/α,β-unsaturated/α-hetero) is 1. The molecule has 0 atom stereocenters. The molecule has 0 aliphatic heterocycles. The zero-order chi connectivity index (χ0) is 17.3. The first-order valence-electron chi connectivity index (χ1n) is 6.39. The summed E-state index contributed by atoms with van der Waals surface area (Å²) in [6, 6.07) is 9.46. The molecule has 4 nitrogen and oxygen atoms in total. The number of aryl methyl sites for hydroxylation is 1. The number of sulfone groups is 1. The Hall–Kier alpha value is -2.35. The molecular formula is C15H12F3NO3S. The van der Waals surface area contributed by atoms with Crippen LogP contribution in [-0.2, 0) is 21.7 Å². The third kappa shape index (κ3) is 3.53. The van der Waals surface area contributed by atoms with E-state index in [9.17, 15) is 26.4 Å². The van der Waals surface area contributed by atoms with E-state index in [4.69, 9.17) is 0 Å². The Morgan fingerprint density at radius 3 is 2.17 bits per heavy atom. The second kappa shape index (κ2) is 6.04. The third-order valence-electron chi connectivity index (χ3n) is 3.09. The van der Waals surface area contributed by atoms with E-state index in [1.54, 1.807) is 0 Å². The van der Waals surface area contributed by atoms with Crippen molar-refractivity contribution in [2.45, 2.75) is 11.1 Å².